The van der Waals surface area contributed by atoms with Crippen molar-refractivity contribution in [3.8, 4) is 5.75 Å². The summed E-state index contributed by atoms with van der Waals surface area (Å²) >= 11 is 6.16. The fourth-order valence-electron chi connectivity index (χ4n) is 1.79. The molecule has 0 unspecified atom stereocenters. The lowest BCUT2D eigenvalue weighted by Gasteiger charge is -2.12. The number of halogens is 1. The highest BCUT2D eigenvalue weighted by Crippen LogP contribution is 2.25. The fourth-order valence-corrected chi connectivity index (χ4v) is 2.03. The largest absolute Gasteiger partial charge is 0.496 e. The number of hydrogen-bond donors (Lipinski definition) is 1. The van der Waals surface area contributed by atoms with Crippen LogP contribution in [0.1, 0.15) is 18.4 Å². The van der Waals surface area contributed by atoms with Crippen molar-refractivity contribution < 1.29 is 4.74 Å². The van der Waals surface area contributed by atoms with Crippen LogP contribution in [-0.2, 0) is 6.54 Å². The van der Waals surface area contributed by atoms with Crippen LogP contribution in [0.4, 0.5) is 0 Å². The van der Waals surface area contributed by atoms with Gasteiger partial charge < -0.3 is 15.0 Å². The van der Waals surface area contributed by atoms with Crippen molar-refractivity contribution in [2.75, 3.05) is 34.3 Å². The minimum atomic E-state index is 0.755. The number of nitrogens with zero attached hydrogens (tertiary/aromatic N) is 1. The highest BCUT2D eigenvalue weighted by molar-refractivity contribution is 6.31. The number of unbranched alkanes of at least 4 members (excludes halogenated alkanes) is 1. The molecule has 1 aromatic carbocycles. The summed E-state index contributed by atoms with van der Waals surface area (Å²) in [6.07, 6.45) is 2.38. The Kier molecular flexibility index (Phi) is 7.09. The molecule has 1 rings (SSSR count). The summed E-state index contributed by atoms with van der Waals surface area (Å²) in [5.74, 6) is 0.850. The summed E-state index contributed by atoms with van der Waals surface area (Å²) in [7, 11) is 5.87. The molecule has 0 spiro atoms. The number of hydrogen-bond acceptors (Lipinski definition) is 3. The number of nitrogens with one attached hydrogen (secondary N) is 1. The second kappa shape index (κ2) is 8.35. The smallest absolute Gasteiger partial charge is 0.124 e. The Morgan fingerprint density at radius 2 is 2.06 bits per heavy atom. The van der Waals surface area contributed by atoms with Crippen LogP contribution in [0.3, 0.4) is 0 Å². The molecule has 0 atom stereocenters. The number of ether oxygens (including phenoxy) is 1. The maximum Gasteiger partial charge on any atom is 0.124 e. The third-order valence-corrected chi connectivity index (χ3v) is 3.16. The van der Waals surface area contributed by atoms with E-state index in [1.165, 1.54) is 12.8 Å². The monoisotopic (exact) mass is 270 g/mol. The van der Waals surface area contributed by atoms with Crippen LogP contribution in [0.25, 0.3) is 0 Å². The molecule has 0 aliphatic carbocycles. The molecule has 3 nitrogen and oxygen atoms in total. The predicted molar refractivity (Wildman–Crippen MR) is 77.5 cm³/mol. The molecule has 0 radical (unpaired) electrons. The molecule has 0 bridgehead atoms. The Morgan fingerprint density at radius 3 is 2.72 bits per heavy atom. The lowest BCUT2D eigenvalue weighted by Crippen LogP contribution is -2.18. The van der Waals surface area contributed by atoms with E-state index < -0.39 is 0 Å². The zero-order valence-electron chi connectivity index (χ0n) is 11.5. The molecule has 0 saturated carbocycles. The predicted octanol–water partition coefficient (Wildman–Crippen LogP) is 2.78. The Hall–Kier alpha value is -0.770. The Labute approximate surface area is 115 Å². The molecule has 102 valence electrons. The van der Waals surface area contributed by atoms with Crippen molar-refractivity contribution in [3.63, 3.8) is 0 Å². The minimum absolute atomic E-state index is 0.755. The molecule has 0 amide bonds. The van der Waals surface area contributed by atoms with Gasteiger partial charge in [0.15, 0.2) is 0 Å². The lowest BCUT2D eigenvalue weighted by molar-refractivity contribution is 0.390. The van der Waals surface area contributed by atoms with Crippen LogP contribution in [0.2, 0.25) is 5.02 Å². The van der Waals surface area contributed by atoms with Gasteiger partial charge in [-0.3, -0.25) is 0 Å². The molecule has 0 saturated heterocycles. The molecule has 0 heterocycles. The van der Waals surface area contributed by atoms with Gasteiger partial charge in [-0.15, -0.1) is 0 Å². The summed E-state index contributed by atoms with van der Waals surface area (Å²) in [4.78, 5) is 2.21. The summed E-state index contributed by atoms with van der Waals surface area (Å²) in [6, 6.07) is 5.74. The number of methoxy groups -OCH3 is 1. The number of rotatable bonds is 8. The average molecular weight is 271 g/mol. The Bertz CT molecular complexity index is 356. The van der Waals surface area contributed by atoms with Gasteiger partial charge in [0.25, 0.3) is 0 Å². The third kappa shape index (κ3) is 5.25. The summed E-state index contributed by atoms with van der Waals surface area (Å²) in [5, 5.41) is 4.17. The van der Waals surface area contributed by atoms with Gasteiger partial charge in [0, 0.05) is 17.1 Å². The molecule has 1 aromatic rings. The first-order valence-corrected chi connectivity index (χ1v) is 6.69. The molecule has 0 aliphatic rings. The lowest BCUT2D eigenvalue weighted by atomic mass is 10.2. The van der Waals surface area contributed by atoms with Gasteiger partial charge in [-0.1, -0.05) is 17.7 Å². The van der Waals surface area contributed by atoms with E-state index in [0.717, 1.165) is 36.0 Å². The molecule has 18 heavy (non-hydrogen) atoms. The first-order chi connectivity index (χ1) is 8.65. The van der Waals surface area contributed by atoms with Crippen LogP contribution in [0.5, 0.6) is 5.75 Å². The third-order valence-electron chi connectivity index (χ3n) is 2.81. The van der Waals surface area contributed by atoms with Gasteiger partial charge in [0.2, 0.25) is 0 Å². The molecule has 4 heteroatoms. The maximum absolute atomic E-state index is 6.16. The van der Waals surface area contributed by atoms with Crippen molar-refractivity contribution in [3.05, 3.63) is 28.8 Å². The van der Waals surface area contributed by atoms with E-state index in [0.29, 0.717) is 0 Å². The zero-order valence-corrected chi connectivity index (χ0v) is 12.3. The van der Waals surface area contributed by atoms with Gasteiger partial charge >= 0.3 is 0 Å². The molecule has 1 N–H and O–H groups in total. The van der Waals surface area contributed by atoms with Crippen molar-refractivity contribution in [1.29, 1.82) is 0 Å². The SMILES string of the molecule is COc1cccc(Cl)c1CNCCCCN(C)C. The van der Waals surface area contributed by atoms with Gasteiger partial charge in [0.1, 0.15) is 5.75 Å². The van der Waals surface area contributed by atoms with Crippen molar-refractivity contribution >= 4 is 11.6 Å². The van der Waals surface area contributed by atoms with E-state index in [1.54, 1.807) is 7.11 Å². The quantitative estimate of drug-likeness (QED) is 0.735. The van der Waals surface area contributed by atoms with Crippen molar-refractivity contribution in [2.45, 2.75) is 19.4 Å². The standard InChI is InChI=1S/C14H23ClN2O/c1-17(2)10-5-4-9-16-11-12-13(15)7-6-8-14(12)18-3/h6-8,16H,4-5,9-11H2,1-3H3. The Balaban J connectivity index is 2.31. The topological polar surface area (TPSA) is 24.5 Å². The molecule has 0 aromatic heterocycles. The van der Waals surface area contributed by atoms with Gasteiger partial charge in [-0.2, -0.15) is 0 Å². The first-order valence-electron chi connectivity index (χ1n) is 6.32. The van der Waals surface area contributed by atoms with Gasteiger partial charge in [-0.05, 0) is 52.2 Å². The van der Waals surface area contributed by atoms with Gasteiger partial charge in [-0.25, -0.2) is 0 Å². The second-order valence-electron chi connectivity index (χ2n) is 4.61. The molecular formula is C14H23ClN2O. The summed E-state index contributed by atoms with van der Waals surface area (Å²) in [5.41, 5.74) is 1.04. The molecule has 0 fully saturated rings. The zero-order chi connectivity index (χ0) is 13.4. The average Bonchev–Trinajstić information content (AvgIpc) is 2.34. The van der Waals surface area contributed by atoms with Crippen molar-refractivity contribution in [2.24, 2.45) is 0 Å². The minimum Gasteiger partial charge on any atom is -0.496 e. The highest BCUT2D eigenvalue weighted by Gasteiger charge is 2.06. The Morgan fingerprint density at radius 1 is 1.28 bits per heavy atom. The summed E-state index contributed by atoms with van der Waals surface area (Å²) < 4.78 is 5.30. The van der Waals surface area contributed by atoms with Crippen LogP contribution in [0.15, 0.2) is 18.2 Å². The maximum atomic E-state index is 6.16. The van der Waals surface area contributed by atoms with Crippen LogP contribution in [-0.4, -0.2) is 39.2 Å². The van der Waals surface area contributed by atoms with Gasteiger partial charge in [0.05, 0.1) is 7.11 Å². The second-order valence-corrected chi connectivity index (χ2v) is 5.02. The van der Waals surface area contributed by atoms with Crippen LogP contribution >= 0.6 is 11.6 Å². The molecular weight excluding hydrogens is 248 g/mol. The van der Waals surface area contributed by atoms with Crippen LogP contribution < -0.4 is 10.1 Å². The van der Waals surface area contributed by atoms with E-state index in [9.17, 15) is 0 Å². The summed E-state index contributed by atoms with van der Waals surface area (Å²) in [6.45, 7) is 2.89. The normalized spacial score (nSPS) is 10.9. The fraction of sp³-hybridized carbons (Fsp3) is 0.571. The van der Waals surface area contributed by atoms with Crippen LogP contribution in [0, 0.1) is 0 Å². The van der Waals surface area contributed by atoms with Crippen molar-refractivity contribution in [1.82, 2.24) is 10.2 Å². The number of benzene rings is 1. The molecule has 0 aliphatic heterocycles. The van der Waals surface area contributed by atoms with E-state index in [-0.39, 0.29) is 0 Å². The van der Waals surface area contributed by atoms with E-state index in [2.05, 4.69) is 24.3 Å². The van der Waals surface area contributed by atoms with E-state index in [4.69, 9.17) is 16.3 Å². The first kappa shape index (κ1) is 15.3. The van der Waals surface area contributed by atoms with E-state index >= 15 is 0 Å². The van der Waals surface area contributed by atoms with E-state index in [1.807, 2.05) is 18.2 Å². The highest BCUT2D eigenvalue weighted by atomic mass is 35.5.